The van der Waals surface area contributed by atoms with Crippen LogP contribution in [0, 0.1) is 17.2 Å². The average Bonchev–Trinajstić information content (AvgIpc) is 3.31. The van der Waals surface area contributed by atoms with Crippen LogP contribution in [0.15, 0.2) is 53.4 Å². The maximum Gasteiger partial charge on any atom is 0.345 e. The van der Waals surface area contributed by atoms with Gasteiger partial charge in [0.05, 0.1) is 35.8 Å². The molecule has 2 aromatic carbocycles. The minimum atomic E-state index is -3.34. The summed E-state index contributed by atoms with van der Waals surface area (Å²) >= 11 is 0. The van der Waals surface area contributed by atoms with E-state index in [1.165, 1.54) is 12.1 Å². The van der Waals surface area contributed by atoms with Gasteiger partial charge in [0.15, 0.2) is 9.84 Å². The predicted molar refractivity (Wildman–Crippen MR) is 122 cm³/mol. The quantitative estimate of drug-likeness (QED) is 0.524. The fourth-order valence-electron chi connectivity index (χ4n) is 4.02. The molecule has 34 heavy (non-hydrogen) atoms. The van der Waals surface area contributed by atoms with E-state index in [0.29, 0.717) is 24.1 Å². The molecule has 0 aliphatic carbocycles. The normalized spacial score (nSPS) is 19.0. The van der Waals surface area contributed by atoms with Crippen LogP contribution >= 0.6 is 0 Å². The maximum absolute atomic E-state index is 12.8. The largest absolute Gasteiger partial charge is 0.345 e. The lowest BCUT2D eigenvalue weighted by atomic mass is 9.94. The third-order valence-electron chi connectivity index (χ3n) is 5.94. The van der Waals surface area contributed by atoms with Gasteiger partial charge in [-0.3, -0.25) is 4.79 Å². The summed E-state index contributed by atoms with van der Waals surface area (Å²) in [6.07, 6.45) is 0.731. The molecule has 0 bridgehead atoms. The number of hydrogen-bond acceptors (Lipinski definition) is 6. The summed E-state index contributed by atoms with van der Waals surface area (Å²) in [4.78, 5) is 13.0. The topological polar surface area (TPSA) is 108 Å². The van der Waals surface area contributed by atoms with E-state index in [4.69, 9.17) is 0 Å². The lowest BCUT2D eigenvalue weighted by Gasteiger charge is -2.20. The number of amides is 1. The van der Waals surface area contributed by atoms with Crippen LogP contribution < -0.4 is 10.6 Å². The number of sulfone groups is 1. The van der Waals surface area contributed by atoms with Gasteiger partial charge in [0.25, 0.3) is 5.91 Å². The Kier molecular flexibility index (Phi) is 8.72. The summed E-state index contributed by atoms with van der Waals surface area (Å²) in [6.45, 7) is -0.599. The van der Waals surface area contributed by atoms with Crippen LogP contribution in [-0.2, 0) is 14.6 Å². The van der Waals surface area contributed by atoms with E-state index >= 15 is 0 Å². The number of carbonyl (C=O) groups is 1. The van der Waals surface area contributed by atoms with Gasteiger partial charge in [-0.25, -0.2) is 8.42 Å². The van der Waals surface area contributed by atoms with Crippen LogP contribution in [0.2, 0.25) is 0 Å². The summed E-state index contributed by atoms with van der Waals surface area (Å²) in [6, 6.07) is 14.3. The number of rotatable bonds is 10. The van der Waals surface area contributed by atoms with Crippen LogP contribution in [0.1, 0.15) is 53.3 Å². The van der Waals surface area contributed by atoms with Crippen molar-refractivity contribution in [1.82, 2.24) is 10.6 Å². The van der Waals surface area contributed by atoms with E-state index in [1.807, 2.05) is 6.07 Å². The van der Waals surface area contributed by atoms with Crippen molar-refractivity contribution in [2.45, 2.75) is 43.4 Å². The van der Waals surface area contributed by atoms with Gasteiger partial charge < -0.3 is 15.4 Å². The molecule has 1 amide bonds. The van der Waals surface area contributed by atoms with Crippen molar-refractivity contribution >= 4 is 15.7 Å². The van der Waals surface area contributed by atoms with E-state index in [2.05, 4.69) is 15.4 Å². The monoisotopic (exact) mass is 491 g/mol. The minimum absolute atomic E-state index is 0.0154. The SMILES string of the molecule is CCS(=O)(=O)c1ccc([C@H](CC#N)NC(=O)c2ccc(C3NCC[C@H]3COC(F)F)cc2)cc1. The summed E-state index contributed by atoms with van der Waals surface area (Å²) in [7, 11) is -3.34. The number of alkyl halides is 2. The molecule has 2 aromatic rings. The fraction of sp³-hybridized carbons (Fsp3) is 0.417. The van der Waals surface area contributed by atoms with Gasteiger partial charge in [0.2, 0.25) is 0 Å². The van der Waals surface area contributed by atoms with Gasteiger partial charge in [0.1, 0.15) is 0 Å². The first-order valence-corrected chi connectivity index (χ1v) is 12.6. The Morgan fingerprint density at radius 3 is 2.47 bits per heavy atom. The molecule has 182 valence electrons. The molecular formula is C24H27F2N3O4S. The Hall–Kier alpha value is -2.87. The van der Waals surface area contributed by atoms with Gasteiger partial charge in [-0.05, 0) is 48.4 Å². The van der Waals surface area contributed by atoms with Gasteiger partial charge in [0, 0.05) is 17.5 Å². The maximum atomic E-state index is 12.8. The zero-order valence-corrected chi connectivity index (χ0v) is 19.5. The predicted octanol–water partition coefficient (Wildman–Crippen LogP) is 3.75. The number of nitrogens with one attached hydrogen (secondary N) is 2. The number of hydrogen-bond donors (Lipinski definition) is 2. The lowest BCUT2D eigenvalue weighted by molar-refractivity contribution is -0.138. The van der Waals surface area contributed by atoms with Crippen LogP contribution in [0.5, 0.6) is 0 Å². The number of ether oxygens (including phenoxy) is 1. The standard InChI is InChI=1S/C24H27F2N3O4S/c1-2-34(31,32)20-9-7-16(8-10-20)21(11-13-27)29-23(30)18-5-3-17(4-6-18)22-19(12-14-28-22)15-33-24(25)26/h3-10,19,21-22,24,28H,2,11-12,14-15H2,1H3,(H,29,30)/t19-,21-,22?/m0/s1. The van der Waals surface area contributed by atoms with Crippen LogP contribution in [0.25, 0.3) is 0 Å². The average molecular weight is 492 g/mol. The fourth-order valence-corrected chi connectivity index (χ4v) is 4.91. The van der Waals surface area contributed by atoms with Crippen LogP contribution in [0.4, 0.5) is 8.78 Å². The molecule has 0 saturated carbocycles. The molecule has 0 spiro atoms. The van der Waals surface area contributed by atoms with Crippen LogP contribution in [-0.4, -0.2) is 39.8 Å². The van der Waals surface area contributed by atoms with E-state index in [9.17, 15) is 27.3 Å². The Bertz CT molecular complexity index is 1120. The van der Waals surface area contributed by atoms with E-state index < -0.39 is 22.5 Å². The zero-order chi connectivity index (χ0) is 24.7. The second-order valence-electron chi connectivity index (χ2n) is 8.06. The summed E-state index contributed by atoms with van der Waals surface area (Å²) < 4.78 is 53.3. The summed E-state index contributed by atoms with van der Waals surface area (Å²) in [5.41, 5.74) is 1.88. The van der Waals surface area contributed by atoms with Crippen molar-refractivity contribution in [3.05, 3.63) is 65.2 Å². The Balaban J connectivity index is 1.69. The second-order valence-corrected chi connectivity index (χ2v) is 10.3. The third kappa shape index (κ3) is 6.38. The molecule has 0 radical (unpaired) electrons. The molecule has 3 rings (SSSR count). The molecule has 10 heteroatoms. The lowest BCUT2D eigenvalue weighted by Crippen LogP contribution is -2.28. The van der Waals surface area contributed by atoms with Crippen molar-refractivity contribution in [2.24, 2.45) is 5.92 Å². The number of nitriles is 1. The highest BCUT2D eigenvalue weighted by molar-refractivity contribution is 7.91. The summed E-state index contributed by atoms with van der Waals surface area (Å²) in [5, 5.41) is 15.3. The Morgan fingerprint density at radius 2 is 1.88 bits per heavy atom. The van der Waals surface area contributed by atoms with Crippen molar-refractivity contribution in [2.75, 3.05) is 18.9 Å². The Labute approximate surface area is 198 Å². The number of halogens is 2. The second kappa shape index (κ2) is 11.5. The molecule has 3 atom stereocenters. The number of benzene rings is 2. The van der Waals surface area contributed by atoms with Crippen LogP contribution in [0.3, 0.4) is 0 Å². The Morgan fingerprint density at radius 1 is 1.21 bits per heavy atom. The first kappa shape index (κ1) is 25.7. The molecule has 7 nitrogen and oxygen atoms in total. The number of nitrogens with zero attached hydrogens (tertiary/aromatic N) is 1. The van der Waals surface area contributed by atoms with Gasteiger partial charge in [-0.15, -0.1) is 0 Å². The van der Waals surface area contributed by atoms with Crippen molar-refractivity contribution in [3.63, 3.8) is 0 Å². The summed E-state index contributed by atoms with van der Waals surface area (Å²) in [5.74, 6) is -0.487. The number of carbonyl (C=O) groups excluding carboxylic acids is 1. The van der Waals surface area contributed by atoms with Crippen molar-refractivity contribution < 1.29 is 26.7 Å². The molecule has 1 fully saturated rings. The highest BCUT2D eigenvalue weighted by Gasteiger charge is 2.29. The molecule has 1 aliphatic heterocycles. The highest BCUT2D eigenvalue weighted by Crippen LogP contribution is 2.30. The molecular weight excluding hydrogens is 464 g/mol. The smallest absolute Gasteiger partial charge is 0.344 e. The molecule has 1 unspecified atom stereocenters. The van der Waals surface area contributed by atoms with Gasteiger partial charge in [-0.1, -0.05) is 31.2 Å². The molecule has 1 heterocycles. The van der Waals surface area contributed by atoms with Crippen molar-refractivity contribution in [3.8, 4) is 6.07 Å². The van der Waals surface area contributed by atoms with E-state index in [0.717, 1.165) is 5.56 Å². The highest BCUT2D eigenvalue weighted by atomic mass is 32.2. The van der Waals surface area contributed by atoms with Crippen molar-refractivity contribution in [1.29, 1.82) is 5.26 Å². The third-order valence-corrected chi connectivity index (χ3v) is 7.69. The van der Waals surface area contributed by atoms with E-state index in [1.54, 1.807) is 43.3 Å². The van der Waals surface area contributed by atoms with Gasteiger partial charge >= 0.3 is 6.61 Å². The molecule has 0 aromatic heterocycles. The van der Waals surface area contributed by atoms with E-state index in [-0.39, 0.29) is 41.5 Å². The molecule has 1 saturated heterocycles. The molecule has 2 N–H and O–H groups in total. The first-order valence-electron chi connectivity index (χ1n) is 11.0. The molecule has 1 aliphatic rings. The first-order chi connectivity index (χ1) is 16.2. The minimum Gasteiger partial charge on any atom is -0.344 e. The zero-order valence-electron chi connectivity index (χ0n) is 18.7. The van der Waals surface area contributed by atoms with Gasteiger partial charge in [-0.2, -0.15) is 14.0 Å².